The quantitative estimate of drug-likeness (QED) is 0.254. The van der Waals surface area contributed by atoms with E-state index in [0.717, 1.165) is 12.8 Å². The van der Waals surface area contributed by atoms with Crippen molar-refractivity contribution >= 4 is 51.4 Å². The van der Waals surface area contributed by atoms with Crippen LogP contribution in [-0.4, -0.2) is 71.1 Å². The standard InChI is InChI=1S/C30H26F2N4O3.K/c1-3-4-14-27-24(29(37)36(18(2)33-27)20-10-6-5-7-11-20)17-23-25(31)15-19(16-26(23)32)21-12-8-9-13-22(21)28-34-30(38)39-35-28;/h5-13,15-16H,3-4,14,17H2,1-2H3,(H,34,35,38);. The first-order chi connectivity index (χ1) is 18.9. The van der Waals surface area contributed by atoms with Gasteiger partial charge in [0.05, 0.1) is 11.4 Å². The fraction of sp³-hybridized carbons (Fsp3) is 0.200. The molecule has 0 spiro atoms. The van der Waals surface area contributed by atoms with E-state index in [4.69, 9.17) is 0 Å². The van der Waals surface area contributed by atoms with E-state index in [1.807, 2.05) is 25.1 Å². The van der Waals surface area contributed by atoms with Crippen LogP contribution in [0, 0.1) is 18.6 Å². The third-order valence-electron chi connectivity index (χ3n) is 6.64. The van der Waals surface area contributed by atoms with Crippen LogP contribution in [0.3, 0.4) is 0 Å². The fourth-order valence-corrected chi connectivity index (χ4v) is 4.72. The van der Waals surface area contributed by atoms with E-state index in [1.54, 1.807) is 43.3 Å². The van der Waals surface area contributed by atoms with Gasteiger partial charge in [-0.15, -0.1) is 0 Å². The van der Waals surface area contributed by atoms with Gasteiger partial charge in [0.1, 0.15) is 17.5 Å². The summed E-state index contributed by atoms with van der Waals surface area (Å²) in [6.45, 7) is 3.78. The van der Waals surface area contributed by atoms with Crippen molar-refractivity contribution in [2.24, 2.45) is 0 Å². The van der Waals surface area contributed by atoms with Gasteiger partial charge in [0.15, 0.2) is 5.82 Å². The third-order valence-corrected chi connectivity index (χ3v) is 6.64. The van der Waals surface area contributed by atoms with Gasteiger partial charge >= 0.3 is 5.76 Å². The summed E-state index contributed by atoms with van der Waals surface area (Å²) in [6, 6.07) is 18.3. The van der Waals surface area contributed by atoms with Gasteiger partial charge in [-0.1, -0.05) is 61.0 Å². The average molecular weight is 568 g/mol. The first-order valence-electron chi connectivity index (χ1n) is 12.7. The molecule has 0 aliphatic rings. The Kier molecular flexibility index (Phi) is 9.80. The van der Waals surface area contributed by atoms with E-state index >= 15 is 8.78 Å². The molecule has 0 atom stereocenters. The molecule has 0 aliphatic carbocycles. The van der Waals surface area contributed by atoms with Crippen LogP contribution in [0.1, 0.15) is 42.4 Å². The van der Waals surface area contributed by atoms with Crippen LogP contribution in [0.25, 0.3) is 28.2 Å². The van der Waals surface area contributed by atoms with Gasteiger partial charge in [-0.05, 0) is 55.2 Å². The number of H-pyrrole nitrogens is 1. The van der Waals surface area contributed by atoms with Gasteiger partial charge in [0.2, 0.25) is 0 Å². The first kappa shape index (κ1) is 29.9. The number of aromatic nitrogens is 4. The molecule has 1 N–H and O–H groups in total. The van der Waals surface area contributed by atoms with Gasteiger partial charge in [-0.3, -0.25) is 18.9 Å². The Labute approximate surface area is 271 Å². The van der Waals surface area contributed by atoms with E-state index in [9.17, 15) is 9.59 Å². The van der Waals surface area contributed by atoms with E-state index in [0.29, 0.717) is 34.8 Å². The van der Waals surface area contributed by atoms with Crippen LogP contribution in [-0.2, 0) is 12.8 Å². The SMILES string of the molecule is CCCCc1nc(C)n(-c2ccccc2)c(=O)c1Cc1c(F)cc(-c2ccccc2-c2noc(=O)[nH]2)cc1F.[K]. The fourth-order valence-electron chi connectivity index (χ4n) is 4.72. The maximum atomic E-state index is 15.6. The summed E-state index contributed by atoms with van der Waals surface area (Å²) >= 11 is 0. The number of hydrogen-bond acceptors (Lipinski definition) is 5. The maximum Gasteiger partial charge on any atom is 0.439 e. The number of para-hydroxylation sites is 1. The number of nitrogens with one attached hydrogen (secondary N) is 1. The van der Waals surface area contributed by atoms with Crippen molar-refractivity contribution in [3.05, 3.63) is 122 Å². The van der Waals surface area contributed by atoms with E-state index in [2.05, 4.69) is 19.6 Å². The van der Waals surface area contributed by atoms with Crippen LogP contribution < -0.4 is 11.3 Å². The topological polar surface area (TPSA) is 93.8 Å². The minimum atomic E-state index is -0.791. The molecule has 3 aromatic carbocycles. The van der Waals surface area contributed by atoms with E-state index < -0.39 is 17.4 Å². The smallest absolute Gasteiger partial charge is 0.296 e. The second kappa shape index (κ2) is 13.1. The number of unbranched alkanes of at least 4 members (excludes halogenated alkanes) is 1. The Balaban J connectivity index is 0.00000370. The van der Waals surface area contributed by atoms with Crippen LogP contribution in [0.4, 0.5) is 8.78 Å². The summed E-state index contributed by atoms with van der Waals surface area (Å²) in [5, 5.41) is 3.70. The Morgan fingerprint density at radius 2 is 1.57 bits per heavy atom. The van der Waals surface area contributed by atoms with E-state index in [-0.39, 0.29) is 85.9 Å². The Hall–Kier alpha value is -3.02. The molecule has 0 saturated heterocycles. The third kappa shape index (κ3) is 6.16. The number of rotatable bonds is 8. The Bertz CT molecular complexity index is 1740. The number of aryl methyl sites for hydroxylation is 2. The predicted molar refractivity (Wildman–Crippen MR) is 150 cm³/mol. The van der Waals surface area contributed by atoms with Gasteiger partial charge in [0, 0.05) is 74.5 Å². The molecule has 5 rings (SSSR count). The summed E-state index contributed by atoms with van der Waals surface area (Å²) in [6.07, 6.45) is 1.96. The number of hydrogen-bond donors (Lipinski definition) is 1. The molecule has 0 bridgehead atoms. The zero-order valence-corrected chi connectivity index (χ0v) is 25.6. The monoisotopic (exact) mass is 567 g/mol. The van der Waals surface area contributed by atoms with Gasteiger partial charge in [-0.2, -0.15) is 0 Å². The molecule has 10 heteroatoms. The summed E-state index contributed by atoms with van der Waals surface area (Å²) < 4.78 is 37.2. The predicted octanol–water partition coefficient (Wildman–Crippen LogP) is 5.38. The molecule has 0 saturated carbocycles. The Morgan fingerprint density at radius 3 is 2.20 bits per heavy atom. The summed E-state index contributed by atoms with van der Waals surface area (Å²) in [7, 11) is 0. The minimum Gasteiger partial charge on any atom is -0.296 e. The molecule has 5 aromatic rings. The second-order valence-electron chi connectivity index (χ2n) is 9.25. The normalized spacial score (nSPS) is 10.9. The van der Waals surface area contributed by atoms with Crippen LogP contribution in [0.5, 0.6) is 0 Å². The molecule has 40 heavy (non-hydrogen) atoms. The largest absolute Gasteiger partial charge is 0.439 e. The molecule has 199 valence electrons. The van der Waals surface area contributed by atoms with Gasteiger partial charge in [0.25, 0.3) is 5.56 Å². The molecule has 2 aromatic heterocycles. The van der Waals surface area contributed by atoms with Crippen molar-refractivity contribution in [1.29, 1.82) is 0 Å². The zero-order valence-electron chi connectivity index (χ0n) is 22.5. The van der Waals surface area contributed by atoms with Crippen LogP contribution in [0.15, 0.2) is 80.8 Å². The van der Waals surface area contributed by atoms with Crippen molar-refractivity contribution in [1.82, 2.24) is 19.7 Å². The maximum absolute atomic E-state index is 15.6. The summed E-state index contributed by atoms with van der Waals surface area (Å²) in [4.78, 5) is 32.3. The van der Waals surface area contributed by atoms with Crippen molar-refractivity contribution in [2.75, 3.05) is 0 Å². The first-order valence-corrected chi connectivity index (χ1v) is 12.7. The van der Waals surface area contributed by atoms with Crippen molar-refractivity contribution < 1.29 is 13.3 Å². The number of halogens is 2. The molecule has 2 heterocycles. The van der Waals surface area contributed by atoms with E-state index in [1.165, 1.54) is 16.7 Å². The van der Waals surface area contributed by atoms with Gasteiger partial charge < -0.3 is 0 Å². The van der Waals surface area contributed by atoms with Crippen molar-refractivity contribution in [3.63, 3.8) is 0 Å². The number of nitrogens with zero attached hydrogens (tertiary/aromatic N) is 3. The van der Waals surface area contributed by atoms with Gasteiger partial charge in [-0.25, -0.2) is 18.6 Å². The second-order valence-corrected chi connectivity index (χ2v) is 9.25. The summed E-state index contributed by atoms with van der Waals surface area (Å²) in [5.74, 6) is -1.66. The molecule has 0 fully saturated rings. The van der Waals surface area contributed by atoms with Crippen molar-refractivity contribution in [2.45, 2.75) is 39.5 Å². The molecule has 7 nitrogen and oxygen atoms in total. The van der Waals surface area contributed by atoms with Crippen LogP contribution in [0.2, 0.25) is 0 Å². The molecular weight excluding hydrogens is 541 g/mol. The summed E-state index contributed by atoms with van der Waals surface area (Å²) in [5.41, 5.74) is 2.05. The molecule has 0 unspecified atom stereocenters. The Morgan fingerprint density at radius 1 is 0.925 bits per heavy atom. The van der Waals surface area contributed by atoms with Crippen molar-refractivity contribution in [3.8, 4) is 28.2 Å². The minimum absolute atomic E-state index is 0. The molecule has 0 amide bonds. The molecule has 1 radical (unpaired) electrons. The van der Waals surface area contributed by atoms with Crippen LogP contribution >= 0.6 is 0 Å². The number of aromatic amines is 1. The molecular formula is C30H26F2KN4O3. The average Bonchev–Trinajstić information content (AvgIpc) is 3.37. The zero-order chi connectivity index (χ0) is 27.5. The molecule has 0 aliphatic heterocycles. The number of benzene rings is 3.